The molecular formula is C18H28N2O3S. The molecule has 1 N–H and O–H groups in total. The van der Waals surface area contributed by atoms with Crippen LogP contribution in [0.1, 0.15) is 40.2 Å². The van der Waals surface area contributed by atoms with Gasteiger partial charge < -0.3 is 10.2 Å². The molecule has 1 aromatic carbocycles. The van der Waals surface area contributed by atoms with Gasteiger partial charge >= 0.3 is 6.03 Å². The summed E-state index contributed by atoms with van der Waals surface area (Å²) in [5.74, 6) is 0.292. The van der Waals surface area contributed by atoms with Crippen LogP contribution in [0.3, 0.4) is 0 Å². The fraction of sp³-hybridized carbons (Fsp3) is 0.611. The Labute approximate surface area is 145 Å². The van der Waals surface area contributed by atoms with Crippen molar-refractivity contribution >= 4 is 21.6 Å². The van der Waals surface area contributed by atoms with Crippen molar-refractivity contribution in [2.45, 2.75) is 45.3 Å². The summed E-state index contributed by atoms with van der Waals surface area (Å²) < 4.78 is 24.2. The van der Waals surface area contributed by atoms with Crippen LogP contribution in [0.15, 0.2) is 24.3 Å². The van der Waals surface area contributed by atoms with Crippen molar-refractivity contribution < 1.29 is 13.2 Å². The van der Waals surface area contributed by atoms with E-state index >= 15 is 0 Å². The number of hydrogen-bond acceptors (Lipinski definition) is 3. The SMILES string of the molecule is CC(C)CS(=O)(=O)C1CN(C(=O)Nc2ccc(C(C)(C)C)cc2)C1. The Bertz CT molecular complexity index is 682. The van der Waals surface area contributed by atoms with Crippen LogP contribution in [0.2, 0.25) is 0 Å². The minimum Gasteiger partial charge on any atom is -0.322 e. The monoisotopic (exact) mass is 352 g/mol. The molecule has 1 fully saturated rings. The number of likely N-dealkylation sites (tertiary alicyclic amines) is 1. The summed E-state index contributed by atoms with van der Waals surface area (Å²) >= 11 is 0. The molecule has 0 radical (unpaired) electrons. The van der Waals surface area contributed by atoms with Crippen molar-refractivity contribution in [1.82, 2.24) is 4.90 Å². The first-order valence-electron chi connectivity index (χ1n) is 8.37. The van der Waals surface area contributed by atoms with Crippen LogP contribution in [-0.4, -0.2) is 43.4 Å². The van der Waals surface area contributed by atoms with E-state index in [0.717, 1.165) is 5.69 Å². The fourth-order valence-corrected chi connectivity index (χ4v) is 4.70. The molecule has 0 spiro atoms. The molecule has 0 aromatic heterocycles. The molecule has 2 amide bonds. The van der Waals surface area contributed by atoms with E-state index in [1.165, 1.54) is 5.56 Å². The van der Waals surface area contributed by atoms with Gasteiger partial charge in [-0.25, -0.2) is 13.2 Å². The lowest BCUT2D eigenvalue weighted by atomic mass is 9.87. The molecule has 1 aromatic rings. The Balaban J connectivity index is 1.89. The number of nitrogens with zero attached hydrogens (tertiary/aromatic N) is 1. The highest BCUT2D eigenvalue weighted by atomic mass is 32.2. The lowest BCUT2D eigenvalue weighted by Gasteiger charge is -2.38. The van der Waals surface area contributed by atoms with Crippen LogP contribution >= 0.6 is 0 Å². The number of rotatable bonds is 4. The van der Waals surface area contributed by atoms with Gasteiger partial charge in [0, 0.05) is 18.8 Å². The van der Waals surface area contributed by atoms with Crippen molar-refractivity contribution in [2.75, 3.05) is 24.2 Å². The number of hydrogen-bond donors (Lipinski definition) is 1. The third-order valence-corrected chi connectivity index (χ3v) is 6.66. The molecular weight excluding hydrogens is 324 g/mol. The van der Waals surface area contributed by atoms with E-state index in [-0.39, 0.29) is 36.2 Å². The predicted molar refractivity (Wildman–Crippen MR) is 98.1 cm³/mol. The molecule has 5 nitrogen and oxygen atoms in total. The molecule has 6 heteroatoms. The van der Waals surface area contributed by atoms with E-state index in [9.17, 15) is 13.2 Å². The highest BCUT2D eigenvalue weighted by Gasteiger charge is 2.39. The van der Waals surface area contributed by atoms with Crippen molar-refractivity contribution in [1.29, 1.82) is 0 Å². The van der Waals surface area contributed by atoms with E-state index < -0.39 is 15.1 Å². The summed E-state index contributed by atoms with van der Waals surface area (Å²) in [6.45, 7) is 10.8. The van der Waals surface area contributed by atoms with Gasteiger partial charge in [0.15, 0.2) is 9.84 Å². The first-order chi connectivity index (χ1) is 11.0. The van der Waals surface area contributed by atoms with Crippen molar-refractivity contribution in [3.05, 3.63) is 29.8 Å². The number of amides is 2. The predicted octanol–water partition coefficient (Wildman–Crippen LogP) is 3.27. The zero-order valence-corrected chi connectivity index (χ0v) is 16.0. The molecule has 134 valence electrons. The summed E-state index contributed by atoms with van der Waals surface area (Å²) in [5.41, 5.74) is 1.99. The summed E-state index contributed by atoms with van der Waals surface area (Å²) in [4.78, 5) is 13.7. The molecule has 1 saturated heterocycles. The largest absolute Gasteiger partial charge is 0.322 e. The highest BCUT2D eigenvalue weighted by molar-refractivity contribution is 7.92. The number of sulfone groups is 1. The van der Waals surface area contributed by atoms with Gasteiger partial charge in [-0.05, 0) is 29.0 Å². The first-order valence-corrected chi connectivity index (χ1v) is 10.1. The Morgan fingerprint density at radius 2 is 1.75 bits per heavy atom. The van der Waals surface area contributed by atoms with Gasteiger partial charge in [0.2, 0.25) is 0 Å². The quantitative estimate of drug-likeness (QED) is 0.904. The van der Waals surface area contributed by atoms with Crippen LogP contribution in [0.5, 0.6) is 0 Å². The summed E-state index contributed by atoms with van der Waals surface area (Å²) in [6.07, 6.45) is 0. The zero-order chi connectivity index (χ0) is 18.1. The molecule has 24 heavy (non-hydrogen) atoms. The second-order valence-electron chi connectivity index (χ2n) is 8.01. The number of anilines is 1. The molecule has 2 rings (SSSR count). The molecule has 0 saturated carbocycles. The van der Waals surface area contributed by atoms with Gasteiger partial charge in [0.05, 0.1) is 11.0 Å². The highest BCUT2D eigenvalue weighted by Crippen LogP contribution is 2.24. The number of nitrogens with one attached hydrogen (secondary N) is 1. The van der Waals surface area contributed by atoms with Gasteiger partial charge in [0.1, 0.15) is 0 Å². The van der Waals surface area contributed by atoms with Crippen LogP contribution in [0, 0.1) is 5.92 Å². The lowest BCUT2D eigenvalue weighted by molar-refractivity contribution is 0.182. The maximum Gasteiger partial charge on any atom is 0.321 e. The van der Waals surface area contributed by atoms with Gasteiger partial charge in [0.25, 0.3) is 0 Å². The average Bonchev–Trinajstić information content (AvgIpc) is 2.34. The number of urea groups is 1. The van der Waals surface area contributed by atoms with Gasteiger partial charge in [-0.2, -0.15) is 0 Å². The van der Waals surface area contributed by atoms with Gasteiger partial charge in [-0.15, -0.1) is 0 Å². The van der Waals surface area contributed by atoms with Crippen LogP contribution in [0.25, 0.3) is 0 Å². The van der Waals surface area contributed by atoms with Crippen LogP contribution < -0.4 is 5.32 Å². The minimum absolute atomic E-state index is 0.0675. The Morgan fingerprint density at radius 1 is 1.21 bits per heavy atom. The van der Waals surface area contributed by atoms with Crippen LogP contribution in [0.4, 0.5) is 10.5 Å². The summed E-state index contributed by atoms with van der Waals surface area (Å²) in [6, 6.07) is 7.52. The Hall–Kier alpha value is -1.56. The molecule has 0 atom stereocenters. The van der Waals surface area contributed by atoms with E-state index in [4.69, 9.17) is 0 Å². The number of carbonyl (C=O) groups excluding carboxylic acids is 1. The molecule has 1 aliphatic heterocycles. The van der Waals surface area contributed by atoms with E-state index in [1.807, 2.05) is 38.1 Å². The normalized spacial score (nSPS) is 16.2. The van der Waals surface area contributed by atoms with Gasteiger partial charge in [-0.3, -0.25) is 0 Å². The van der Waals surface area contributed by atoms with E-state index in [2.05, 4.69) is 26.1 Å². The zero-order valence-electron chi connectivity index (χ0n) is 15.2. The molecule has 1 aliphatic rings. The van der Waals surface area contributed by atoms with Crippen LogP contribution in [-0.2, 0) is 15.3 Å². The second kappa shape index (κ2) is 6.75. The second-order valence-corrected chi connectivity index (χ2v) is 10.3. The minimum atomic E-state index is -3.11. The fourth-order valence-electron chi connectivity index (χ4n) is 2.69. The molecule has 1 heterocycles. The Morgan fingerprint density at radius 3 is 2.21 bits per heavy atom. The van der Waals surface area contributed by atoms with Crippen molar-refractivity contribution in [2.24, 2.45) is 5.92 Å². The Kier molecular flexibility index (Phi) is 5.28. The number of benzene rings is 1. The average molecular weight is 353 g/mol. The molecule has 0 unspecified atom stereocenters. The topological polar surface area (TPSA) is 66.5 Å². The standard InChI is InChI=1S/C18H28N2O3S/c1-13(2)12-24(22,23)16-10-20(11-16)17(21)19-15-8-6-14(7-9-15)18(3,4)5/h6-9,13,16H,10-12H2,1-5H3,(H,19,21). The smallest absolute Gasteiger partial charge is 0.321 e. The maximum absolute atomic E-state index is 12.2. The van der Waals surface area contributed by atoms with E-state index in [1.54, 1.807) is 4.90 Å². The first kappa shape index (κ1) is 18.8. The molecule has 0 aliphatic carbocycles. The summed E-state index contributed by atoms with van der Waals surface area (Å²) in [5, 5.41) is 2.41. The third-order valence-electron chi connectivity index (χ3n) is 4.21. The van der Waals surface area contributed by atoms with Crippen molar-refractivity contribution in [3.8, 4) is 0 Å². The van der Waals surface area contributed by atoms with Gasteiger partial charge in [-0.1, -0.05) is 46.8 Å². The lowest BCUT2D eigenvalue weighted by Crippen LogP contribution is -2.58. The summed E-state index contributed by atoms with van der Waals surface area (Å²) in [7, 11) is -3.11. The van der Waals surface area contributed by atoms with E-state index in [0.29, 0.717) is 0 Å². The maximum atomic E-state index is 12.2. The molecule has 0 bridgehead atoms. The third kappa shape index (κ3) is 4.50. The number of carbonyl (C=O) groups is 1. The van der Waals surface area contributed by atoms with Crippen molar-refractivity contribution in [3.63, 3.8) is 0 Å².